The quantitative estimate of drug-likeness (QED) is 0.537. The van der Waals surface area contributed by atoms with E-state index in [1.807, 2.05) is 36.6 Å². The summed E-state index contributed by atoms with van der Waals surface area (Å²) in [4.78, 5) is 4.08. The Morgan fingerprint density at radius 3 is 2.73 bits per heavy atom. The molecule has 0 unspecified atom stereocenters. The lowest BCUT2D eigenvalue weighted by atomic mass is 10.1. The van der Waals surface area contributed by atoms with Crippen molar-refractivity contribution in [3.05, 3.63) is 71.8 Å². The van der Waals surface area contributed by atoms with Crippen molar-refractivity contribution in [2.75, 3.05) is 6.26 Å². The zero-order valence-corrected chi connectivity index (χ0v) is 12.9. The fraction of sp³-hybridized carbons (Fsp3) is 0.125. The lowest BCUT2D eigenvalue weighted by Crippen LogP contribution is -2.01. The minimum atomic E-state index is 0.693. The van der Waals surface area contributed by atoms with E-state index in [1.165, 1.54) is 17.3 Å². The first-order valence-corrected chi connectivity index (χ1v) is 8.06. The Morgan fingerprint density at radius 1 is 1.14 bits per heavy atom. The van der Waals surface area contributed by atoms with Gasteiger partial charge in [-0.15, -0.1) is 10.2 Å². The molecule has 0 aliphatic heterocycles. The average Bonchev–Trinajstić information content (AvgIpc) is 2.96. The lowest BCUT2D eigenvalue weighted by molar-refractivity contribution is 0.730. The third-order valence-electron chi connectivity index (χ3n) is 3.07. The maximum Gasteiger partial charge on any atom is 0.211 e. The molecule has 3 aromatic rings. The molecule has 0 bridgehead atoms. The summed E-state index contributed by atoms with van der Waals surface area (Å²) in [6.07, 6.45) is 7.93. The van der Waals surface area contributed by atoms with E-state index in [-0.39, 0.29) is 0 Å². The van der Waals surface area contributed by atoms with Crippen molar-refractivity contribution >= 4 is 18.0 Å². The summed E-state index contributed by atoms with van der Waals surface area (Å²) >= 11 is 1.52. The zero-order valence-electron chi connectivity index (χ0n) is 12.1. The summed E-state index contributed by atoms with van der Waals surface area (Å²) in [6.45, 7) is 0. The maximum atomic E-state index is 4.51. The standard InChI is InChI=1S/C16H15N5S/c1-22-16-20-19-15(10-13-6-3-2-4-7-13)21(16)18-12-14-8-5-9-17-11-14/h2-9,11-12H,10H2,1H3/b18-12-. The van der Waals surface area contributed by atoms with Crippen molar-refractivity contribution in [2.24, 2.45) is 5.10 Å². The van der Waals surface area contributed by atoms with Gasteiger partial charge in [0.2, 0.25) is 5.16 Å². The second-order valence-corrected chi connectivity index (χ2v) is 5.38. The molecule has 2 aromatic heterocycles. The van der Waals surface area contributed by atoms with E-state index in [4.69, 9.17) is 0 Å². The third kappa shape index (κ3) is 3.40. The Hall–Kier alpha value is -2.47. The Bertz CT molecular complexity index is 753. The monoisotopic (exact) mass is 309 g/mol. The molecule has 110 valence electrons. The summed E-state index contributed by atoms with van der Waals surface area (Å²) in [5.41, 5.74) is 2.12. The van der Waals surface area contributed by atoms with Gasteiger partial charge in [0.25, 0.3) is 0 Å². The Kier molecular flexibility index (Phi) is 4.60. The second-order valence-electron chi connectivity index (χ2n) is 4.61. The van der Waals surface area contributed by atoms with Gasteiger partial charge in [-0.05, 0) is 17.9 Å². The SMILES string of the molecule is CSc1nnc(Cc2ccccc2)n1/N=C\c1cccnc1. The fourth-order valence-electron chi connectivity index (χ4n) is 2.00. The molecule has 6 heteroatoms. The summed E-state index contributed by atoms with van der Waals surface area (Å²) in [6, 6.07) is 14.0. The van der Waals surface area contributed by atoms with Gasteiger partial charge in [-0.3, -0.25) is 4.98 Å². The van der Waals surface area contributed by atoms with Crippen LogP contribution in [-0.4, -0.2) is 32.3 Å². The Labute approximate surface area is 133 Å². The summed E-state index contributed by atoms with van der Waals surface area (Å²) in [7, 11) is 0. The lowest BCUT2D eigenvalue weighted by Gasteiger charge is -2.03. The largest absolute Gasteiger partial charge is 0.264 e. The highest BCUT2D eigenvalue weighted by Gasteiger charge is 2.11. The molecule has 0 atom stereocenters. The van der Waals surface area contributed by atoms with Crippen molar-refractivity contribution < 1.29 is 0 Å². The molecular weight excluding hydrogens is 294 g/mol. The van der Waals surface area contributed by atoms with E-state index in [0.29, 0.717) is 6.42 Å². The zero-order chi connectivity index (χ0) is 15.2. The number of thioether (sulfide) groups is 1. The number of benzene rings is 1. The highest BCUT2D eigenvalue weighted by molar-refractivity contribution is 7.98. The molecule has 3 rings (SSSR count). The summed E-state index contributed by atoms with van der Waals surface area (Å²) in [5, 5.41) is 13.7. The molecule has 0 aliphatic carbocycles. The van der Waals surface area contributed by atoms with Crippen molar-refractivity contribution in [1.29, 1.82) is 0 Å². The van der Waals surface area contributed by atoms with Crippen LogP contribution in [0.3, 0.4) is 0 Å². The summed E-state index contributed by atoms with van der Waals surface area (Å²) < 4.78 is 1.78. The topological polar surface area (TPSA) is 56.0 Å². The van der Waals surface area contributed by atoms with Crippen LogP contribution >= 0.6 is 11.8 Å². The van der Waals surface area contributed by atoms with Gasteiger partial charge in [0, 0.05) is 24.4 Å². The molecule has 0 fully saturated rings. The molecule has 0 aliphatic rings. The highest BCUT2D eigenvalue weighted by Crippen LogP contribution is 2.16. The van der Waals surface area contributed by atoms with Crippen LogP contribution in [0.25, 0.3) is 0 Å². The first kappa shape index (κ1) is 14.5. The van der Waals surface area contributed by atoms with Gasteiger partial charge in [-0.25, -0.2) is 0 Å². The van der Waals surface area contributed by atoms with E-state index >= 15 is 0 Å². The first-order valence-electron chi connectivity index (χ1n) is 6.83. The number of rotatable bonds is 5. The van der Waals surface area contributed by atoms with Gasteiger partial charge in [-0.1, -0.05) is 48.2 Å². The second kappa shape index (κ2) is 7.00. The molecular formula is C16H15N5S. The normalized spacial score (nSPS) is 11.1. The van der Waals surface area contributed by atoms with Crippen LogP contribution in [0, 0.1) is 0 Å². The molecule has 1 aromatic carbocycles. The maximum absolute atomic E-state index is 4.51. The predicted molar refractivity (Wildman–Crippen MR) is 88.3 cm³/mol. The van der Waals surface area contributed by atoms with Crippen molar-refractivity contribution in [1.82, 2.24) is 19.9 Å². The molecule has 2 heterocycles. The van der Waals surface area contributed by atoms with Crippen LogP contribution in [-0.2, 0) is 6.42 Å². The number of pyridine rings is 1. The molecule has 0 saturated carbocycles. The average molecular weight is 309 g/mol. The minimum absolute atomic E-state index is 0.693. The first-order chi connectivity index (χ1) is 10.9. The molecule has 22 heavy (non-hydrogen) atoms. The van der Waals surface area contributed by atoms with Gasteiger partial charge >= 0.3 is 0 Å². The molecule has 0 N–H and O–H groups in total. The summed E-state index contributed by atoms with van der Waals surface area (Å²) in [5.74, 6) is 0.815. The highest BCUT2D eigenvalue weighted by atomic mass is 32.2. The minimum Gasteiger partial charge on any atom is -0.264 e. The number of nitrogens with zero attached hydrogens (tertiary/aromatic N) is 5. The van der Waals surface area contributed by atoms with Gasteiger partial charge in [0.15, 0.2) is 5.82 Å². The van der Waals surface area contributed by atoms with Crippen LogP contribution in [0.5, 0.6) is 0 Å². The van der Waals surface area contributed by atoms with Crippen LogP contribution in [0.2, 0.25) is 0 Å². The van der Waals surface area contributed by atoms with Crippen molar-refractivity contribution in [3.8, 4) is 0 Å². The fourth-order valence-corrected chi connectivity index (χ4v) is 2.45. The van der Waals surface area contributed by atoms with E-state index in [9.17, 15) is 0 Å². The van der Waals surface area contributed by atoms with Gasteiger partial charge in [0.05, 0.1) is 6.21 Å². The van der Waals surface area contributed by atoms with Gasteiger partial charge in [0.1, 0.15) is 0 Å². The predicted octanol–water partition coefficient (Wildman–Crippen LogP) is 2.87. The molecule has 0 amide bonds. The number of hydrogen-bond donors (Lipinski definition) is 0. The van der Waals surface area contributed by atoms with E-state index in [2.05, 4.69) is 32.4 Å². The smallest absolute Gasteiger partial charge is 0.211 e. The van der Waals surface area contributed by atoms with Crippen LogP contribution < -0.4 is 0 Å². The molecule has 0 spiro atoms. The van der Waals surface area contributed by atoms with Crippen molar-refractivity contribution in [3.63, 3.8) is 0 Å². The molecule has 0 saturated heterocycles. The van der Waals surface area contributed by atoms with Crippen LogP contribution in [0.1, 0.15) is 17.0 Å². The van der Waals surface area contributed by atoms with E-state index in [0.717, 1.165) is 16.5 Å². The molecule has 5 nitrogen and oxygen atoms in total. The van der Waals surface area contributed by atoms with E-state index < -0.39 is 0 Å². The number of aromatic nitrogens is 4. The van der Waals surface area contributed by atoms with Gasteiger partial charge in [-0.2, -0.15) is 9.78 Å². The Morgan fingerprint density at radius 2 is 2.00 bits per heavy atom. The van der Waals surface area contributed by atoms with Gasteiger partial charge < -0.3 is 0 Å². The Balaban J connectivity index is 1.89. The van der Waals surface area contributed by atoms with Crippen LogP contribution in [0.4, 0.5) is 0 Å². The number of hydrogen-bond acceptors (Lipinski definition) is 5. The van der Waals surface area contributed by atoms with Crippen molar-refractivity contribution in [2.45, 2.75) is 11.6 Å². The molecule has 0 radical (unpaired) electrons. The van der Waals surface area contributed by atoms with E-state index in [1.54, 1.807) is 23.3 Å². The third-order valence-corrected chi connectivity index (χ3v) is 3.69. The van der Waals surface area contributed by atoms with Crippen LogP contribution in [0.15, 0.2) is 65.1 Å².